The first-order valence-electron chi connectivity index (χ1n) is 5.05. The molecule has 1 aromatic carbocycles. The molecule has 76 valence electrons. The molecule has 0 radical (unpaired) electrons. The van der Waals surface area contributed by atoms with Crippen LogP contribution in [-0.4, -0.2) is 24.8 Å². The summed E-state index contributed by atoms with van der Waals surface area (Å²) in [4.78, 5) is 2.29. The largest absolute Gasteiger partial charge is 0.399 e. The molecule has 0 fully saturated rings. The van der Waals surface area contributed by atoms with E-state index in [0.29, 0.717) is 0 Å². The van der Waals surface area contributed by atoms with Gasteiger partial charge in [0, 0.05) is 31.1 Å². The van der Waals surface area contributed by atoms with Crippen molar-refractivity contribution in [1.29, 1.82) is 0 Å². The molecule has 2 rings (SSSR count). The third-order valence-corrected chi connectivity index (χ3v) is 2.69. The maximum absolute atomic E-state index is 8.78. The van der Waals surface area contributed by atoms with Gasteiger partial charge in [0.05, 0.1) is 0 Å². The monoisotopic (exact) mass is 192 g/mol. The molecule has 0 spiro atoms. The van der Waals surface area contributed by atoms with E-state index < -0.39 is 0 Å². The lowest BCUT2D eigenvalue weighted by Crippen LogP contribution is -2.22. The minimum atomic E-state index is 0.258. The van der Waals surface area contributed by atoms with E-state index in [0.717, 1.165) is 31.6 Å². The summed E-state index contributed by atoms with van der Waals surface area (Å²) in [5, 5.41) is 8.78. The Bertz CT molecular complexity index is 325. The lowest BCUT2D eigenvalue weighted by Gasteiger charge is -2.18. The summed E-state index contributed by atoms with van der Waals surface area (Å²) in [7, 11) is 0. The predicted molar refractivity (Wildman–Crippen MR) is 58.5 cm³/mol. The Hall–Kier alpha value is -1.22. The van der Waals surface area contributed by atoms with Crippen molar-refractivity contribution in [3.63, 3.8) is 0 Å². The van der Waals surface area contributed by atoms with Crippen molar-refractivity contribution in [1.82, 2.24) is 0 Å². The first-order chi connectivity index (χ1) is 6.81. The van der Waals surface area contributed by atoms with E-state index in [9.17, 15) is 0 Å². The first kappa shape index (κ1) is 9.34. The molecule has 3 nitrogen and oxygen atoms in total. The maximum Gasteiger partial charge on any atom is 0.0447 e. The van der Waals surface area contributed by atoms with Crippen LogP contribution in [0.2, 0.25) is 0 Å². The predicted octanol–water partition coefficient (Wildman–Crippen LogP) is 1.01. The minimum Gasteiger partial charge on any atom is -0.399 e. The van der Waals surface area contributed by atoms with E-state index >= 15 is 0 Å². The van der Waals surface area contributed by atoms with Crippen LogP contribution in [-0.2, 0) is 6.42 Å². The number of rotatable bonds is 3. The van der Waals surface area contributed by atoms with Crippen LogP contribution < -0.4 is 10.6 Å². The van der Waals surface area contributed by atoms with Crippen LogP contribution in [0.5, 0.6) is 0 Å². The van der Waals surface area contributed by atoms with Gasteiger partial charge in [-0.3, -0.25) is 0 Å². The number of nitrogen functional groups attached to an aromatic ring is 1. The Morgan fingerprint density at radius 3 is 3.07 bits per heavy atom. The Morgan fingerprint density at radius 1 is 1.43 bits per heavy atom. The number of hydrogen-bond donors (Lipinski definition) is 2. The van der Waals surface area contributed by atoms with Crippen LogP contribution in [0.15, 0.2) is 18.2 Å². The van der Waals surface area contributed by atoms with Crippen LogP contribution in [0.3, 0.4) is 0 Å². The van der Waals surface area contributed by atoms with Gasteiger partial charge in [0.25, 0.3) is 0 Å². The third-order valence-electron chi connectivity index (χ3n) is 2.69. The molecule has 1 aromatic rings. The Morgan fingerprint density at radius 2 is 2.29 bits per heavy atom. The van der Waals surface area contributed by atoms with Crippen LogP contribution in [0.4, 0.5) is 11.4 Å². The van der Waals surface area contributed by atoms with E-state index in [2.05, 4.69) is 11.0 Å². The van der Waals surface area contributed by atoms with Crippen LogP contribution in [0, 0.1) is 0 Å². The zero-order chi connectivity index (χ0) is 9.97. The van der Waals surface area contributed by atoms with Crippen LogP contribution in [0.25, 0.3) is 0 Å². The van der Waals surface area contributed by atoms with Crippen molar-refractivity contribution in [3.8, 4) is 0 Å². The van der Waals surface area contributed by atoms with Gasteiger partial charge in [-0.2, -0.15) is 0 Å². The topological polar surface area (TPSA) is 49.5 Å². The maximum atomic E-state index is 8.78. The van der Waals surface area contributed by atoms with Gasteiger partial charge in [-0.05, 0) is 30.5 Å². The minimum absolute atomic E-state index is 0.258. The van der Waals surface area contributed by atoms with E-state index in [-0.39, 0.29) is 6.61 Å². The molecule has 0 aliphatic carbocycles. The van der Waals surface area contributed by atoms with Gasteiger partial charge >= 0.3 is 0 Å². The van der Waals surface area contributed by atoms with E-state index in [4.69, 9.17) is 10.8 Å². The van der Waals surface area contributed by atoms with Gasteiger partial charge in [-0.15, -0.1) is 0 Å². The number of nitrogens with two attached hydrogens (primary N) is 1. The van der Waals surface area contributed by atoms with Crippen molar-refractivity contribution in [2.75, 3.05) is 30.3 Å². The first-order valence-corrected chi connectivity index (χ1v) is 5.05. The zero-order valence-corrected chi connectivity index (χ0v) is 8.24. The summed E-state index contributed by atoms with van der Waals surface area (Å²) in [6.07, 6.45) is 1.93. The van der Waals surface area contributed by atoms with Crippen molar-refractivity contribution in [2.45, 2.75) is 12.8 Å². The smallest absolute Gasteiger partial charge is 0.0447 e. The van der Waals surface area contributed by atoms with Gasteiger partial charge in [-0.25, -0.2) is 0 Å². The summed E-state index contributed by atoms with van der Waals surface area (Å²) in [5.74, 6) is 0. The second-order valence-electron chi connectivity index (χ2n) is 3.70. The van der Waals surface area contributed by atoms with Gasteiger partial charge in [-0.1, -0.05) is 6.07 Å². The number of benzene rings is 1. The average Bonchev–Trinajstić information content (AvgIpc) is 2.57. The SMILES string of the molecule is Nc1ccc2c(c1)N(CCCO)CC2. The molecule has 0 atom stereocenters. The number of fused-ring (bicyclic) bond motifs is 1. The molecule has 1 aliphatic rings. The van der Waals surface area contributed by atoms with Crippen molar-refractivity contribution >= 4 is 11.4 Å². The fourth-order valence-electron chi connectivity index (χ4n) is 1.96. The van der Waals surface area contributed by atoms with Crippen molar-refractivity contribution < 1.29 is 5.11 Å². The lowest BCUT2D eigenvalue weighted by molar-refractivity contribution is 0.290. The lowest BCUT2D eigenvalue weighted by atomic mass is 10.1. The molecule has 0 amide bonds. The molecule has 14 heavy (non-hydrogen) atoms. The summed E-state index contributed by atoms with van der Waals surface area (Å²) in [6.45, 7) is 2.24. The normalized spacial score (nSPS) is 14.5. The molecule has 0 bridgehead atoms. The second-order valence-corrected chi connectivity index (χ2v) is 3.70. The number of aliphatic hydroxyl groups excluding tert-OH is 1. The van der Waals surface area contributed by atoms with E-state index in [1.165, 1.54) is 11.3 Å². The van der Waals surface area contributed by atoms with Crippen molar-refractivity contribution in [2.24, 2.45) is 0 Å². The highest BCUT2D eigenvalue weighted by Crippen LogP contribution is 2.29. The average molecular weight is 192 g/mol. The van der Waals surface area contributed by atoms with Crippen molar-refractivity contribution in [3.05, 3.63) is 23.8 Å². The summed E-state index contributed by atoms with van der Waals surface area (Å²) in [6, 6.07) is 6.08. The summed E-state index contributed by atoms with van der Waals surface area (Å²) >= 11 is 0. The molecule has 1 aliphatic heterocycles. The number of aliphatic hydroxyl groups is 1. The highest BCUT2D eigenvalue weighted by atomic mass is 16.3. The van der Waals surface area contributed by atoms with Gasteiger partial charge < -0.3 is 15.7 Å². The summed E-state index contributed by atoms with van der Waals surface area (Å²) < 4.78 is 0. The molecule has 0 saturated carbocycles. The van der Waals surface area contributed by atoms with Gasteiger partial charge in [0.2, 0.25) is 0 Å². The number of hydrogen-bond acceptors (Lipinski definition) is 3. The highest BCUT2D eigenvalue weighted by Gasteiger charge is 2.17. The molecule has 0 saturated heterocycles. The Kier molecular flexibility index (Phi) is 2.59. The van der Waals surface area contributed by atoms with Gasteiger partial charge in [0.15, 0.2) is 0 Å². The number of anilines is 2. The quantitative estimate of drug-likeness (QED) is 0.703. The standard InChI is InChI=1S/C11H16N2O/c12-10-3-2-9-4-6-13(5-1-7-14)11(9)8-10/h2-3,8,14H,1,4-7,12H2. The fourth-order valence-corrected chi connectivity index (χ4v) is 1.96. The molecule has 1 heterocycles. The molecular formula is C11H16N2O. The fraction of sp³-hybridized carbons (Fsp3) is 0.455. The molecule has 0 aromatic heterocycles. The molecule has 3 N–H and O–H groups in total. The second kappa shape index (κ2) is 3.88. The molecule has 3 heteroatoms. The van der Waals surface area contributed by atoms with E-state index in [1.807, 2.05) is 12.1 Å². The zero-order valence-electron chi connectivity index (χ0n) is 8.24. The van der Waals surface area contributed by atoms with Gasteiger partial charge in [0.1, 0.15) is 0 Å². The van der Waals surface area contributed by atoms with E-state index in [1.54, 1.807) is 0 Å². The molecule has 0 unspecified atom stereocenters. The van der Waals surface area contributed by atoms with Crippen LogP contribution in [0.1, 0.15) is 12.0 Å². The highest BCUT2D eigenvalue weighted by molar-refractivity contribution is 5.64. The Labute approximate surface area is 84.1 Å². The van der Waals surface area contributed by atoms with Crippen LogP contribution >= 0.6 is 0 Å². The Balaban J connectivity index is 2.16. The summed E-state index contributed by atoms with van der Waals surface area (Å²) in [5.41, 5.74) is 9.19. The molecular weight excluding hydrogens is 176 g/mol. The third kappa shape index (κ3) is 1.68. The number of nitrogens with zero attached hydrogens (tertiary/aromatic N) is 1.